The summed E-state index contributed by atoms with van der Waals surface area (Å²) in [5.41, 5.74) is 1.79. The van der Waals surface area contributed by atoms with Crippen molar-refractivity contribution >= 4 is 63.8 Å². The maximum atomic E-state index is 14.8. The van der Waals surface area contributed by atoms with Crippen LogP contribution in [0.2, 0.25) is 5.02 Å². The Hall–Kier alpha value is -4.66. The molecule has 1 aliphatic carbocycles. The Labute approximate surface area is 348 Å². The van der Waals surface area contributed by atoms with Gasteiger partial charge in [0.25, 0.3) is 0 Å². The van der Waals surface area contributed by atoms with Crippen LogP contribution in [-0.4, -0.2) is 75.9 Å². The summed E-state index contributed by atoms with van der Waals surface area (Å²) in [6.45, 7) is 0.784. The quantitative estimate of drug-likeness (QED) is 0.123. The standard InChI is InChI=1S/C42H43ClF2N5O7PS/c1-55-35-15-14-28-36(20-32(47-39(28)38(35)43)33-24-59-41(48-33)46-26-9-4-2-5-10-26)57-27-19-34-40(52)49-42(58(53,54)23-29-30(44)11-8-12-31(29)45)21-25(42)16-18-56-17-7-3-6-13-37(51)50(34)22-27/h2,4-5,8-12,14-15,20,24-25,27,34H,3,6-7,13,16-19,21-23H2,1H3,(H,46,48)(H,49,52)(H,53,54)/t25-,27?,34+,42+/m1/s1. The lowest BCUT2D eigenvalue weighted by atomic mass is 10.1. The first kappa shape index (κ1) is 41.1. The summed E-state index contributed by atoms with van der Waals surface area (Å²) >= 11 is 8.23. The Balaban J connectivity index is 1.10. The molecule has 2 saturated heterocycles. The first-order valence-electron chi connectivity index (χ1n) is 19.5. The molecule has 0 spiro atoms. The highest BCUT2D eigenvalue weighted by atomic mass is 35.5. The molecule has 2 unspecified atom stereocenters. The van der Waals surface area contributed by atoms with E-state index in [4.69, 9.17) is 35.8 Å². The zero-order valence-electron chi connectivity index (χ0n) is 32.2. The largest absolute Gasteiger partial charge is 0.495 e. The molecule has 2 amide bonds. The molecule has 5 atom stereocenters. The number of carbonyl (C=O) groups excluding carboxylic acids is 2. The van der Waals surface area contributed by atoms with Crippen molar-refractivity contribution in [1.29, 1.82) is 0 Å². The Morgan fingerprint density at radius 2 is 1.83 bits per heavy atom. The Kier molecular flexibility index (Phi) is 11.9. The van der Waals surface area contributed by atoms with Crippen LogP contribution in [0.1, 0.15) is 50.5 Å². The number of ether oxygens (including phenoxy) is 3. The summed E-state index contributed by atoms with van der Waals surface area (Å²) < 4.78 is 61.8. The fourth-order valence-electron chi connectivity index (χ4n) is 8.07. The molecular formula is C42H43ClF2N5O7PS. The minimum atomic E-state index is -4.51. The molecule has 310 valence electrons. The first-order valence-corrected chi connectivity index (χ1v) is 22.6. The lowest BCUT2D eigenvalue weighted by Gasteiger charge is -2.30. The fraction of sp³-hybridized carbons (Fsp3) is 0.381. The molecule has 2 aliphatic heterocycles. The smallest absolute Gasteiger partial charge is 0.243 e. The van der Waals surface area contributed by atoms with Crippen LogP contribution in [0, 0.1) is 17.6 Å². The lowest BCUT2D eigenvalue weighted by molar-refractivity contribution is -0.138. The van der Waals surface area contributed by atoms with Crippen molar-refractivity contribution < 1.29 is 42.0 Å². The van der Waals surface area contributed by atoms with Gasteiger partial charge in [-0.25, -0.2) is 18.7 Å². The fourth-order valence-corrected chi connectivity index (χ4v) is 11.6. The molecule has 17 heteroatoms. The highest BCUT2D eigenvalue weighted by Crippen LogP contribution is 2.71. The number of halogens is 3. The molecule has 59 heavy (non-hydrogen) atoms. The number of nitrogens with zero attached hydrogens (tertiary/aromatic N) is 3. The second kappa shape index (κ2) is 17.1. The van der Waals surface area contributed by atoms with Crippen LogP contribution in [0.25, 0.3) is 22.3 Å². The van der Waals surface area contributed by atoms with Crippen molar-refractivity contribution in [2.24, 2.45) is 5.92 Å². The van der Waals surface area contributed by atoms with Crippen molar-refractivity contribution in [3.8, 4) is 22.9 Å². The Bertz CT molecular complexity index is 2410. The van der Waals surface area contributed by atoms with Crippen LogP contribution in [0.3, 0.4) is 0 Å². The third-order valence-corrected chi connectivity index (χ3v) is 15.1. The predicted octanol–water partition coefficient (Wildman–Crippen LogP) is 8.67. The number of benzene rings is 3. The minimum Gasteiger partial charge on any atom is -0.495 e. The topological polar surface area (TPSA) is 152 Å². The van der Waals surface area contributed by atoms with Gasteiger partial charge in [-0.15, -0.1) is 11.3 Å². The molecule has 3 fully saturated rings. The van der Waals surface area contributed by atoms with E-state index in [0.717, 1.165) is 24.2 Å². The van der Waals surface area contributed by atoms with Gasteiger partial charge in [-0.05, 0) is 68.0 Å². The van der Waals surface area contributed by atoms with Gasteiger partial charge in [-0.1, -0.05) is 42.3 Å². The van der Waals surface area contributed by atoms with Gasteiger partial charge >= 0.3 is 0 Å². The van der Waals surface area contributed by atoms with Crippen LogP contribution in [-0.2, 0) is 25.1 Å². The summed E-state index contributed by atoms with van der Waals surface area (Å²) in [6.07, 6.45) is 1.24. The SMILES string of the molecule is COc1ccc2c(OC3C[C@H]4C(=O)N[C@]5(P(=O)(O)Cc6c(F)cccc6F)C[C@H]5CCOCCCCCC(=O)N4C3)cc(-c3csc(Nc4ccccc4)n3)nc2c1Cl. The monoisotopic (exact) mass is 865 g/mol. The van der Waals surface area contributed by atoms with Crippen molar-refractivity contribution in [2.75, 3.05) is 32.2 Å². The molecule has 4 heterocycles. The number of fused-ring (bicyclic) bond motifs is 3. The molecule has 3 aromatic carbocycles. The van der Waals surface area contributed by atoms with E-state index in [-0.39, 0.29) is 43.3 Å². The highest BCUT2D eigenvalue weighted by Gasteiger charge is 2.66. The van der Waals surface area contributed by atoms with E-state index in [9.17, 15) is 27.8 Å². The van der Waals surface area contributed by atoms with E-state index >= 15 is 0 Å². The third-order valence-electron chi connectivity index (χ3n) is 11.3. The molecule has 12 nitrogen and oxygen atoms in total. The summed E-state index contributed by atoms with van der Waals surface area (Å²) in [6, 6.07) is 17.0. The molecule has 3 N–H and O–H groups in total. The van der Waals surface area contributed by atoms with E-state index in [2.05, 4.69) is 10.6 Å². The van der Waals surface area contributed by atoms with Crippen LogP contribution in [0.4, 0.5) is 19.6 Å². The number of pyridine rings is 1. The van der Waals surface area contributed by atoms with Gasteiger partial charge in [0.2, 0.25) is 19.2 Å². The molecule has 0 radical (unpaired) electrons. The second-order valence-electron chi connectivity index (χ2n) is 15.1. The van der Waals surface area contributed by atoms with Crippen molar-refractivity contribution in [3.63, 3.8) is 0 Å². The molecule has 3 aliphatic rings. The number of carbonyl (C=O) groups is 2. The molecular weight excluding hydrogens is 823 g/mol. The predicted molar refractivity (Wildman–Crippen MR) is 221 cm³/mol. The number of aromatic nitrogens is 2. The second-order valence-corrected chi connectivity index (χ2v) is 18.9. The first-order chi connectivity index (χ1) is 28.5. The van der Waals surface area contributed by atoms with E-state index in [1.165, 1.54) is 29.4 Å². The number of rotatable bonds is 9. The van der Waals surface area contributed by atoms with E-state index < -0.39 is 60.0 Å². The van der Waals surface area contributed by atoms with Gasteiger partial charge in [0.1, 0.15) is 51.3 Å². The number of para-hydroxylation sites is 1. The van der Waals surface area contributed by atoms with Crippen molar-refractivity contribution in [3.05, 3.63) is 94.3 Å². The van der Waals surface area contributed by atoms with Crippen LogP contribution in [0.15, 0.2) is 72.1 Å². The van der Waals surface area contributed by atoms with E-state index in [1.54, 1.807) is 18.2 Å². The number of thiazole rings is 1. The zero-order chi connectivity index (χ0) is 41.3. The lowest BCUT2D eigenvalue weighted by Crippen LogP contribution is -2.50. The summed E-state index contributed by atoms with van der Waals surface area (Å²) in [5, 5.41) is 7.83. The molecule has 5 aromatic rings. The summed E-state index contributed by atoms with van der Waals surface area (Å²) in [7, 11) is -3.00. The van der Waals surface area contributed by atoms with Crippen molar-refractivity contribution in [1.82, 2.24) is 20.2 Å². The Morgan fingerprint density at radius 3 is 2.61 bits per heavy atom. The van der Waals surface area contributed by atoms with Gasteiger partial charge in [0.15, 0.2) is 5.13 Å². The highest BCUT2D eigenvalue weighted by molar-refractivity contribution is 7.59. The molecule has 0 bridgehead atoms. The summed E-state index contributed by atoms with van der Waals surface area (Å²) in [5.74, 6) is -2.48. The minimum absolute atomic E-state index is 0.0541. The number of nitrogens with one attached hydrogen (secondary N) is 2. The molecule has 8 rings (SSSR count). The van der Waals surface area contributed by atoms with Crippen molar-refractivity contribution in [2.45, 2.75) is 68.5 Å². The number of anilines is 2. The van der Waals surface area contributed by atoms with E-state index in [0.29, 0.717) is 64.8 Å². The maximum absolute atomic E-state index is 14.8. The number of hydrogen-bond acceptors (Lipinski definition) is 10. The van der Waals surface area contributed by atoms with Crippen LogP contribution in [0.5, 0.6) is 11.5 Å². The number of methoxy groups -OCH3 is 1. The summed E-state index contributed by atoms with van der Waals surface area (Å²) in [4.78, 5) is 51.0. The van der Waals surface area contributed by atoms with Gasteiger partial charge < -0.3 is 34.6 Å². The zero-order valence-corrected chi connectivity index (χ0v) is 34.6. The molecule has 1 saturated carbocycles. The third kappa shape index (κ3) is 8.54. The van der Waals surface area contributed by atoms with Gasteiger partial charge in [-0.3, -0.25) is 14.2 Å². The van der Waals surface area contributed by atoms with Gasteiger partial charge in [0, 0.05) is 54.1 Å². The average molecular weight is 866 g/mol. The van der Waals surface area contributed by atoms with Gasteiger partial charge in [0.05, 0.1) is 31.0 Å². The maximum Gasteiger partial charge on any atom is 0.243 e. The van der Waals surface area contributed by atoms with Crippen LogP contribution >= 0.6 is 30.3 Å². The number of hydrogen-bond donors (Lipinski definition) is 3. The van der Waals surface area contributed by atoms with E-state index in [1.807, 2.05) is 35.7 Å². The van der Waals surface area contributed by atoms with Crippen LogP contribution < -0.4 is 20.1 Å². The van der Waals surface area contributed by atoms with Gasteiger partial charge in [-0.2, -0.15) is 0 Å². The normalized spacial score (nSPS) is 23.6. The Morgan fingerprint density at radius 1 is 1.03 bits per heavy atom. The average Bonchev–Trinajstić information content (AvgIpc) is 3.49. The molecule has 2 aromatic heterocycles. The number of amides is 2.